The van der Waals surface area contributed by atoms with Crippen LogP contribution in [0.1, 0.15) is 0 Å². The van der Waals surface area contributed by atoms with Gasteiger partial charge in [0, 0.05) is 6.07 Å². The summed E-state index contributed by atoms with van der Waals surface area (Å²) in [6, 6.07) is 6.99. The van der Waals surface area contributed by atoms with Crippen molar-refractivity contribution in [2.75, 3.05) is 0 Å². The average molecular weight is 134 g/mol. The molecule has 1 heterocycles. The van der Waals surface area contributed by atoms with Gasteiger partial charge in [-0.3, -0.25) is 0 Å². The number of fused-ring (bicyclic) bond motifs is 1. The van der Waals surface area contributed by atoms with E-state index in [1.54, 1.807) is 24.3 Å². The first kappa shape index (κ1) is 5.29. The Morgan fingerprint density at radius 2 is 2.20 bits per heavy atom. The maximum atomic E-state index is 10.7. The molecule has 2 rings (SSSR count). The minimum atomic E-state index is 0.516. The molecule has 0 fully saturated rings. The van der Waals surface area contributed by atoms with Crippen LogP contribution in [0, 0.1) is 11.6 Å². The van der Waals surface area contributed by atoms with E-state index in [9.17, 15) is 5.21 Å². The van der Waals surface area contributed by atoms with Crippen molar-refractivity contribution >= 4 is 11.1 Å². The number of nitrogens with zero attached hydrogens (tertiary/aromatic N) is 1. The van der Waals surface area contributed by atoms with Crippen molar-refractivity contribution < 1.29 is 9.15 Å². The predicted molar refractivity (Wildman–Crippen MR) is 34.0 cm³/mol. The van der Waals surface area contributed by atoms with Gasteiger partial charge in [0.05, 0.1) is 0 Å². The van der Waals surface area contributed by atoms with Crippen molar-refractivity contribution in [2.45, 2.75) is 0 Å². The highest BCUT2D eigenvalue weighted by Crippen LogP contribution is 2.07. The number of hydrogen-bond donors (Lipinski definition) is 0. The van der Waals surface area contributed by atoms with Crippen molar-refractivity contribution in [3.63, 3.8) is 0 Å². The lowest BCUT2D eigenvalue weighted by atomic mass is 10.3. The van der Waals surface area contributed by atoms with E-state index in [2.05, 4.69) is 6.39 Å². The second-order valence-electron chi connectivity index (χ2n) is 1.96. The minimum Gasteiger partial charge on any atom is -0.615 e. The van der Waals surface area contributed by atoms with E-state index >= 15 is 0 Å². The van der Waals surface area contributed by atoms with Gasteiger partial charge in [-0.25, -0.2) is 0 Å². The van der Waals surface area contributed by atoms with Gasteiger partial charge in [-0.1, -0.05) is 12.1 Å². The van der Waals surface area contributed by atoms with Gasteiger partial charge < -0.3 is 9.62 Å². The van der Waals surface area contributed by atoms with Crippen LogP contribution >= 0.6 is 0 Å². The largest absolute Gasteiger partial charge is 0.615 e. The molecule has 0 aliphatic rings. The molecule has 1 aromatic carbocycles. The summed E-state index contributed by atoms with van der Waals surface area (Å²) in [5, 5.41) is 10.7. The molecule has 10 heavy (non-hydrogen) atoms. The number of aromatic nitrogens is 1. The Balaban J connectivity index is 2.93. The van der Waals surface area contributed by atoms with E-state index in [4.69, 9.17) is 4.42 Å². The molecule has 0 amide bonds. The number of hydrogen-bond acceptors (Lipinski definition) is 2. The fraction of sp³-hybridized carbons (Fsp3) is 0. The first-order chi connectivity index (χ1) is 4.88. The molecule has 2 aromatic rings. The summed E-state index contributed by atoms with van der Waals surface area (Å²) in [6.07, 6.45) is 2.16. The van der Waals surface area contributed by atoms with E-state index < -0.39 is 0 Å². The van der Waals surface area contributed by atoms with Crippen LogP contribution in [-0.4, -0.2) is 0 Å². The average Bonchev–Trinajstić information content (AvgIpc) is 2.34. The summed E-state index contributed by atoms with van der Waals surface area (Å²) in [7, 11) is 0. The molecule has 49 valence electrons. The summed E-state index contributed by atoms with van der Waals surface area (Å²) in [5.74, 6) is 0. The molecular weight excluding hydrogens is 130 g/mol. The first-order valence-corrected chi connectivity index (χ1v) is 2.87. The van der Waals surface area contributed by atoms with E-state index in [1.807, 2.05) is 0 Å². The Labute approximate surface area is 57.1 Å². The molecule has 0 bridgehead atoms. The van der Waals surface area contributed by atoms with Gasteiger partial charge in [-0.15, -0.1) is 4.73 Å². The smallest absolute Gasteiger partial charge is 0.503 e. The van der Waals surface area contributed by atoms with E-state index in [-0.39, 0.29) is 0 Å². The topological polar surface area (TPSA) is 40.1 Å². The molecule has 3 nitrogen and oxygen atoms in total. The van der Waals surface area contributed by atoms with Crippen molar-refractivity contribution in [1.82, 2.24) is 0 Å². The summed E-state index contributed by atoms with van der Waals surface area (Å²) >= 11 is 0. The predicted octanol–water partition coefficient (Wildman–Crippen LogP) is 0.866. The Bertz CT molecular complexity index is 353. The van der Waals surface area contributed by atoms with Gasteiger partial charge in [-0.05, 0) is 6.07 Å². The molecule has 0 spiro atoms. The molecular formula is C7H4NO2. The van der Waals surface area contributed by atoms with Crippen molar-refractivity contribution in [3.8, 4) is 0 Å². The van der Waals surface area contributed by atoms with Crippen LogP contribution in [0.2, 0.25) is 0 Å². The second-order valence-corrected chi connectivity index (χ2v) is 1.96. The molecule has 0 aliphatic heterocycles. The standard InChI is InChI=1S/C7H4NO2/c9-8-5-10-7-4-2-1-3-6(7)8/h1-4H. The van der Waals surface area contributed by atoms with Crippen LogP contribution in [-0.2, 0) is 0 Å². The molecule has 0 saturated heterocycles. The molecule has 0 atom stereocenters. The Morgan fingerprint density at radius 3 is 3.00 bits per heavy atom. The van der Waals surface area contributed by atoms with Crippen molar-refractivity contribution in [1.29, 1.82) is 0 Å². The van der Waals surface area contributed by atoms with Crippen molar-refractivity contribution in [2.24, 2.45) is 0 Å². The van der Waals surface area contributed by atoms with Crippen LogP contribution in [0.15, 0.2) is 28.7 Å². The van der Waals surface area contributed by atoms with Gasteiger partial charge in [0.2, 0.25) is 5.58 Å². The maximum absolute atomic E-state index is 10.7. The van der Waals surface area contributed by atoms with Crippen LogP contribution in [0.3, 0.4) is 0 Å². The maximum Gasteiger partial charge on any atom is 0.503 e. The molecule has 0 N–H and O–H groups in total. The normalized spacial score (nSPS) is 10.4. The van der Waals surface area contributed by atoms with E-state index in [0.29, 0.717) is 15.8 Å². The Morgan fingerprint density at radius 1 is 1.40 bits per heavy atom. The quantitative estimate of drug-likeness (QED) is 0.396. The van der Waals surface area contributed by atoms with Gasteiger partial charge in [0.1, 0.15) is 0 Å². The molecule has 3 heteroatoms. The summed E-state index contributed by atoms with van der Waals surface area (Å²) in [5.41, 5.74) is 1.08. The third-order valence-corrected chi connectivity index (χ3v) is 1.32. The summed E-state index contributed by atoms with van der Waals surface area (Å²) in [6.45, 7) is 0. The van der Waals surface area contributed by atoms with Crippen LogP contribution in [0.4, 0.5) is 0 Å². The number of para-hydroxylation sites is 2. The SMILES string of the molecule is [O-][n+]1[c]oc2ccccc21. The monoisotopic (exact) mass is 134 g/mol. The fourth-order valence-electron chi connectivity index (χ4n) is 0.851. The zero-order valence-electron chi connectivity index (χ0n) is 5.07. The van der Waals surface area contributed by atoms with Crippen LogP contribution in [0.5, 0.6) is 0 Å². The van der Waals surface area contributed by atoms with Crippen LogP contribution in [0.25, 0.3) is 11.1 Å². The fourth-order valence-corrected chi connectivity index (χ4v) is 0.851. The zero-order valence-corrected chi connectivity index (χ0v) is 5.07. The van der Waals surface area contributed by atoms with Gasteiger partial charge >= 0.3 is 6.39 Å². The second kappa shape index (κ2) is 1.73. The zero-order chi connectivity index (χ0) is 6.97. The molecule has 1 aromatic heterocycles. The Kier molecular flexibility index (Phi) is 0.917. The van der Waals surface area contributed by atoms with Crippen LogP contribution < -0.4 is 4.73 Å². The third-order valence-electron chi connectivity index (χ3n) is 1.32. The number of benzene rings is 1. The van der Waals surface area contributed by atoms with Gasteiger partial charge in [0.25, 0.3) is 5.52 Å². The molecule has 0 saturated carbocycles. The van der Waals surface area contributed by atoms with E-state index in [1.165, 1.54) is 0 Å². The minimum absolute atomic E-state index is 0.516. The first-order valence-electron chi connectivity index (χ1n) is 2.87. The molecule has 1 radical (unpaired) electrons. The summed E-state index contributed by atoms with van der Waals surface area (Å²) in [4.78, 5) is 0. The lowest BCUT2D eigenvalue weighted by Crippen LogP contribution is -2.22. The van der Waals surface area contributed by atoms with Gasteiger partial charge in [-0.2, -0.15) is 0 Å². The molecule has 0 aliphatic carbocycles. The molecule has 0 unspecified atom stereocenters. The van der Waals surface area contributed by atoms with E-state index in [0.717, 1.165) is 0 Å². The Hall–Kier alpha value is -1.51. The summed E-state index contributed by atoms with van der Waals surface area (Å²) < 4.78 is 5.35. The van der Waals surface area contributed by atoms with Gasteiger partial charge in [0.15, 0.2) is 0 Å². The highest BCUT2D eigenvalue weighted by molar-refractivity contribution is 5.67. The third kappa shape index (κ3) is 0.572. The lowest BCUT2D eigenvalue weighted by Gasteiger charge is -1.84. The number of oxazole rings is 1. The highest BCUT2D eigenvalue weighted by Gasteiger charge is 2.05. The highest BCUT2D eigenvalue weighted by atomic mass is 16.5. The number of rotatable bonds is 0. The lowest BCUT2D eigenvalue weighted by molar-refractivity contribution is -0.587. The van der Waals surface area contributed by atoms with Crippen molar-refractivity contribution in [3.05, 3.63) is 35.9 Å².